The predicted octanol–water partition coefficient (Wildman–Crippen LogP) is -3.10. The smallest absolute Gasteiger partial charge is 0.744 e. The topological polar surface area (TPSA) is 95.2 Å². The molecule has 1 rings (SSSR count). The quantitative estimate of drug-likeness (QED) is 0.330. The molecule has 0 atom stereocenters. The largest absolute Gasteiger partial charge is 1.00 e. The third-order valence-corrected chi connectivity index (χ3v) is 2.65. The van der Waals surface area contributed by atoms with E-state index < -0.39 is 10.1 Å². The van der Waals surface area contributed by atoms with Gasteiger partial charge in [0.15, 0.2) is 0 Å². The maximum atomic E-state index is 10.8. The average molecular weight is 238 g/mol. The van der Waals surface area contributed by atoms with Crippen LogP contribution in [-0.4, -0.2) is 20.0 Å². The second-order valence-corrected chi connectivity index (χ2v) is 4.20. The minimum atomic E-state index is -4.45. The molecule has 1 aromatic rings. The van der Waals surface area contributed by atoms with Crippen molar-refractivity contribution in [1.29, 1.82) is 0 Å². The zero-order valence-corrected chi connectivity index (χ0v) is 11.5. The fraction of sp³-hybridized carbons (Fsp3) is 0.250. The van der Waals surface area contributed by atoms with E-state index in [1.807, 2.05) is 0 Å². The molecule has 0 fully saturated rings. The van der Waals surface area contributed by atoms with Crippen LogP contribution in [0, 0.1) is 0 Å². The van der Waals surface area contributed by atoms with Gasteiger partial charge in [-0.1, -0.05) is 6.07 Å². The molecule has 0 saturated carbocycles. The van der Waals surface area contributed by atoms with E-state index in [9.17, 15) is 13.0 Å². The van der Waals surface area contributed by atoms with Crippen LogP contribution in [0.4, 0.5) is 5.69 Å². The first-order valence-electron chi connectivity index (χ1n) is 3.94. The first-order chi connectivity index (χ1) is 6.45. The molecule has 0 bridgehead atoms. The third kappa shape index (κ3) is 4.10. The van der Waals surface area contributed by atoms with Crippen molar-refractivity contribution in [3.63, 3.8) is 0 Å². The maximum Gasteiger partial charge on any atom is 1.00 e. The van der Waals surface area contributed by atoms with Gasteiger partial charge in [-0.05, 0) is 24.7 Å². The average Bonchev–Trinajstić information content (AvgIpc) is 2.07. The summed E-state index contributed by atoms with van der Waals surface area (Å²) < 4.78 is 32.5. The van der Waals surface area contributed by atoms with E-state index in [1.54, 1.807) is 13.1 Å². The van der Waals surface area contributed by atoms with Crippen LogP contribution in [-0.2, 0) is 16.7 Å². The Bertz CT molecular complexity index is 434. The van der Waals surface area contributed by atoms with Gasteiger partial charge in [-0.15, -0.1) is 0 Å². The first kappa shape index (κ1) is 14.9. The van der Waals surface area contributed by atoms with Crippen molar-refractivity contribution in [1.82, 2.24) is 5.32 Å². The Labute approximate surface area is 111 Å². The SMILES string of the molecule is CNCc1ccc(N)cc1S(=O)(=O)[O-].[Na+]. The molecule has 0 amide bonds. The molecule has 0 aliphatic rings. The number of nitrogens with one attached hydrogen (secondary N) is 1. The molecular formula is C8H11N2NaO3S. The van der Waals surface area contributed by atoms with Crippen molar-refractivity contribution in [2.24, 2.45) is 0 Å². The number of anilines is 1. The number of rotatable bonds is 3. The van der Waals surface area contributed by atoms with Gasteiger partial charge in [-0.3, -0.25) is 0 Å². The Hall–Kier alpha value is -0.110. The van der Waals surface area contributed by atoms with Crippen LogP contribution in [0.15, 0.2) is 23.1 Å². The van der Waals surface area contributed by atoms with Gasteiger partial charge in [-0.25, -0.2) is 8.42 Å². The Morgan fingerprint density at radius 1 is 1.47 bits per heavy atom. The zero-order valence-electron chi connectivity index (χ0n) is 8.65. The first-order valence-corrected chi connectivity index (χ1v) is 5.35. The molecule has 0 aromatic heterocycles. The minimum Gasteiger partial charge on any atom is -0.744 e. The van der Waals surface area contributed by atoms with Gasteiger partial charge in [0.25, 0.3) is 0 Å². The summed E-state index contributed by atoms with van der Waals surface area (Å²) in [5.74, 6) is 0. The Balaban J connectivity index is 0.00000196. The second-order valence-electron chi connectivity index (χ2n) is 2.85. The van der Waals surface area contributed by atoms with Gasteiger partial charge >= 0.3 is 29.6 Å². The van der Waals surface area contributed by atoms with Crippen molar-refractivity contribution in [3.8, 4) is 0 Å². The maximum absolute atomic E-state index is 10.8. The van der Waals surface area contributed by atoms with E-state index >= 15 is 0 Å². The van der Waals surface area contributed by atoms with Crippen molar-refractivity contribution < 1.29 is 42.5 Å². The molecule has 7 heteroatoms. The summed E-state index contributed by atoms with van der Waals surface area (Å²) in [4.78, 5) is -0.258. The number of hydrogen-bond acceptors (Lipinski definition) is 5. The molecule has 0 heterocycles. The molecule has 15 heavy (non-hydrogen) atoms. The van der Waals surface area contributed by atoms with E-state index in [0.29, 0.717) is 12.1 Å². The van der Waals surface area contributed by atoms with Crippen LogP contribution in [0.3, 0.4) is 0 Å². The summed E-state index contributed by atoms with van der Waals surface area (Å²) in [5.41, 5.74) is 6.09. The molecule has 3 N–H and O–H groups in total. The van der Waals surface area contributed by atoms with Crippen molar-refractivity contribution in [2.75, 3.05) is 12.8 Å². The van der Waals surface area contributed by atoms with Gasteiger partial charge in [-0.2, -0.15) is 0 Å². The molecular weight excluding hydrogens is 227 g/mol. The fourth-order valence-corrected chi connectivity index (χ4v) is 1.88. The number of nitrogen functional groups attached to an aromatic ring is 1. The molecule has 0 spiro atoms. The van der Waals surface area contributed by atoms with Crippen LogP contribution >= 0.6 is 0 Å². The third-order valence-electron chi connectivity index (χ3n) is 1.73. The Morgan fingerprint density at radius 3 is 2.53 bits per heavy atom. The summed E-state index contributed by atoms with van der Waals surface area (Å²) in [5, 5.41) is 2.77. The Morgan fingerprint density at radius 2 is 2.07 bits per heavy atom. The molecule has 0 unspecified atom stereocenters. The monoisotopic (exact) mass is 238 g/mol. The molecule has 0 radical (unpaired) electrons. The van der Waals surface area contributed by atoms with E-state index in [4.69, 9.17) is 5.73 Å². The van der Waals surface area contributed by atoms with Crippen LogP contribution in [0.1, 0.15) is 5.56 Å². The van der Waals surface area contributed by atoms with Crippen LogP contribution in [0.2, 0.25) is 0 Å². The summed E-state index contributed by atoms with van der Waals surface area (Å²) in [6.07, 6.45) is 0. The van der Waals surface area contributed by atoms with Crippen molar-refractivity contribution >= 4 is 15.8 Å². The molecule has 78 valence electrons. The van der Waals surface area contributed by atoms with Crippen LogP contribution in [0.25, 0.3) is 0 Å². The molecule has 0 aliphatic heterocycles. The van der Waals surface area contributed by atoms with Crippen LogP contribution < -0.4 is 40.6 Å². The molecule has 5 nitrogen and oxygen atoms in total. The summed E-state index contributed by atoms with van der Waals surface area (Å²) in [6, 6.07) is 4.26. The van der Waals surface area contributed by atoms with Gasteiger partial charge in [0.2, 0.25) is 0 Å². The standard InChI is InChI=1S/C8H12N2O3S.Na/c1-10-5-6-2-3-7(9)4-8(6)14(11,12)13;/h2-4,10H,5,9H2,1H3,(H,11,12,13);/q;+1/p-1. The predicted molar refractivity (Wildman–Crippen MR) is 51.6 cm³/mol. The Kier molecular flexibility index (Phi) is 5.79. The van der Waals surface area contributed by atoms with Gasteiger partial charge in [0.05, 0.1) is 4.90 Å². The van der Waals surface area contributed by atoms with E-state index in [1.165, 1.54) is 12.1 Å². The van der Waals surface area contributed by atoms with Crippen molar-refractivity contribution in [3.05, 3.63) is 23.8 Å². The van der Waals surface area contributed by atoms with Crippen molar-refractivity contribution in [2.45, 2.75) is 11.4 Å². The minimum absolute atomic E-state index is 0. The van der Waals surface area contributed by atoms with Gasteiger partial charge in [0.1, 0.15) is 10.1 Å². The number of hydrogen-bond donors (Lipinski definition) is 2. The molecule has 0 saturated heterocycles. The summed E-state index contributed by atoms with van der Waals surface area (Å²) in [6.45, 7) is 0.317. The number of nitrogens with two attached hydrogens (primary N) is 1. The normalized spacial score (nSPS) is 10.8. The van der Waals surface area contributed by atoms with Gasteiger partial charge < -0.3 is 15.6 Å². The van der Waals surface area contributed by atoms with Crippen LogP contribution in [0.5, 0.6) is 0 Å². The summed E-state index contributed by atoms with van der Waals surface area (Å²) in [7, 11) is -2.78. The molecule has 1 aromatic carbocycles. The van der Waals surface area contributed by atoms with Gasteiger partial charge in [0, 0.05) is 12.2 Å². The summed E-state index contributed by atoms with van der Waals surface area (Å²) >= 11 is 0. The molecule has 0 aliphatic carbocycles. The number of benzene rings is 1. The second kappa shape index (κ2) is 5.83. The zero-order chi connectivity index (χ0) is 10.8. The van der Waals surface area contributed by atoms with E-state index in [2.05, 4.69) is 5.32 Å². The van der Waals surface area contributed by atoms with E-state index in [0.717, 1.165) is 0 Å². The fourth-order valence-electron chi connectivity index (χ4n) is 1.14. The van der Waals surface area contributed by atoms with E-state index in [-0.39, 0.29) is 40.1 Å².